The molecule has 4 heteroatoms. The maximum Gasteiger partial charge on any atom is 0.104 e. The van der Waals surface area contributed by atoms with Gasteiger partial charge in [0, 0.05) is 26.0 Å². The van der Waals surface area contributed by atoms with E-state index in [9.17, 15) is 0 Å². The van der Waals surface area contributed by atoms with E-state index in [0.717, 1.165) is 5.69 Å². The van der Waals surface area contributed by atoms with Gasteiger partial charge in [-0.1, -0.05) is 0 Å². The molecular weight excluding hydrogens is 164 g/mol. The Kier molecular flexibility index (Phi) is 2.70. The van der Waals surface area contributed by atoms with Crippen LogP contribution in [0.4, 0.5) is 0 Å². The van der Waals surface area contributed by atoms with Crippen LogP contribution in [0.5, 0.6) is 0 Å². The van der Waals surface area contributed by atoms with E-state index in [1.54, 1.807) is 6.20 Å². The summed E-state index contributed by atoms with van der Waals surface area (Å²) in [6.45, 7) is 1.90. The number of nitrogens with one attached hydrogen (secondary N) is 1. The van der Waals surface area contributed by atoms with Gasteiger partial charge >= 0.3 is 0 Å². The molecule has 0 aliphatic heterocycles. The van der Waals surface area contributed by atoms with E-state index in [1.807, 2.05) is 32.0 Å². The molecule has 4 nitrogen and oxygen atoms in total. The maximum atomic E-state index is 8.84. The Morgan fingerprint density at radius 2 is 2.38 bits per heavy atom. The van der Waals surface area contributed by atoms with E-state index in [2.05, 4.69) is 16.3 Å². The molecule has 1 aromatic heterocycles. The Morgan fingerprint density at radius 3 is 2.77 bits per heavy atom. The number of hydrogen-bond acceptors (Lipinski definition) is 3. The van der Waals surface area contributed by atoms with Gasteiger partial charge in [-0.25, -0.2) is 0 Å². The number of rotatable bonds is 2. The molecule has 0 radical (unpaired) electrons. The second-order valence-corrected chi connectivity index (χ2v) is 3.05. The summed E-state index contributed by atoms with van der Waals surface area (Å²) in [6.07, 6.45) is 1.75. The lowest BCUT2D eigenvalue weighted by atomic mass is 10.2. The highest BCUT2D eigenvalue weighted by atomic mass is 15.1. The molecule has 0 aromatic carbocycles. The summed E-state index contributed by atoms with van der Waals surface area (Å²) in [4.78, 5) is 1.82. The molecule has 0 bridgehead atoms. The average molecular weight is 176 g/mol. The van der Waals surface area contributed by atoms with Gasteiger partial charge in [-0.2, -0.15) is 10.4 Å². The van der Waals surface area contributed by atoms with Crippen molar-refractivity contribution >= 4 is 5.57 Å². The third-order valence-corrected chi connectivity index (χ3v) is 1.49. The van der Waals surface area contributed by atoms with E-state index in [1.165, 1.54) is 0 Å². The van der Waals surface area contributed by atoms with Crippen molar-refractivity contribution in [2.75, 3.05) is 14.1 Å². The van der Waals surface area contributed by atoms with Gasteiger partial charge in [0.15, 0.2) is 0 Å². The monoisotopic (exact) mass is 176 g/mol. The van der Waals surface area contributed by atoms with Crippen LogP contribution in [0.15, 0.2) is 12.3 Å². The first-order chi connectivity index (χ1) is 6.13. The molecule has 13 heavy (non-hydrogen) atoms. The minimum atomic E-state index is 0.564. The van der Waals surface area contributed by atoms with Gasteiger partial charge in [-0.3, -0.25) is 5.10 Å². The van der Waals surface area contributed by atoms with Crippen molar-refractivity contribution in [3.05, 3.63) is 23.7 Å². The summed E-state index contributed by atoms with van der Waals surface area (Å²) in [6, 6.07) is 3.95. The summed E-state index contributed by atoms with van der Waals surface area (Å²) in [7, 11) is 3.74. The quantitative estimate of drug-likeness (QED) is 0.687. The molecule has 0 aliphatic rings. The van der Waals surface area contributed by atoms with Crippen LogP contribution >= 0.6 is 0 Å². The molecular formula is C9H12N4. The van der Waals surface area contributed by atoms with Crippen LogP contribution in [0, 0.1) is 18.3 Å². The van der Waals surface area contributed by atoms with Crippen LogP contribution in [0.3, 0.4) is 0 Å². The lowest BCUT2D eigenvalue weighted by Crippen LogP contribution is -2.02. The van der Waals surface area contributed by atoms with Crippen LogP contribution in [0.1, 0.15) is 11.4 Å². The number of nitriles is 1. The standard InChI is InChI=1S/C9H12N4/c1-7-4-9(12-11-7)8(5-10)6-13(2)3/h4,6H,1-3H3,(H,11,12)/b8-6-. The van der Waals surface area contributed by atoms with Crippen molar-refractivity contribution in [2.45, 2.75) is 6.92 Å². The van der Waals surface area contributed by atoms with Gasteiger partial charge in [0.05, 0.1) is 5.57 Å². The first kappa shape index (κ1) is 9.33. The van der Waals surface area contributed by atoms with Gasteiger partial charge in [0.2, 0.25) is 0 Å². The van der Waals surface area contributed by atoms with Crippen molar-refractivity contribution in [3.8, 4) is 6.07 Å². The summed E-state index contributed by atoms with van der Waals surface area (Å²) in [5.41, 5.74) is 2.21. The highest BCUT2D eigenvalue weighted by molar-refractivity contribution is 5.74. The number of aryl methyl sites for hydroxylation is 1. The first-order valence-corrected chi connectivity index (χ1v) is 3.94. The van der Waals surface area contributed by atoms with Crippen molar-refractivity contribution < 1.29 is 0 Å². The third-order valence-electron chi connectivity index (χ3n) is 1.49. The SMILES string of the molecule is Cc1cc(/C(C#N)=C\N(C)C)n[nH]1. The van der Waals surface area contributed by atoms with Gasteiger partial charge in [0.25, 0.3) is 0 Å². The van der Waals surface area contributed by atoms with E-state index in [4.69, 9.17) is 5.26 Å². The predicted octanol–water partition coefficient (Wildman–Crippen LogP) is 1.14. The van der Waals surface area contributed by atoms with Crippen molar-refractivity contribution in [2.24, 2.45) is 0 Å². The topological polar surface area (TPSA) is 55.7 Å². The lowest BCUT2D eigenvalue weighted by molar-refractivity contribution is 0.566. The Balaban J connectivity index is 2.99. The highest BCUT2D eigenvalue weighted by Crippen LogP contribution is 2.11. The van der Waals surface area contributed by atoms with E-state index in [0.29, 0.717) is 11.3 Å². The Hall–Kier alpha value is -1.76. The second-order valence-electron chi connectivity index (χ2n) is 3.05. The molecule has 0 amide bonds. The molecule has 0 aliphatic carbocycles. The molecule has 1 heterocycles. The molecule has 0 saturated carbocycles. The molecule has 0 fully saturated rings. The molecule has 1 N–H and O–H groups in total. The van der Waals surface area contributed by atoms with Crippen molar-refractivity contribution in [1.29, 1.82) is 5.26 Å². The Morgan fingerprint density at radius 1 is 1.69 bits per heavy atom. The zero-order chi connectivity index (χ0) is 9.84. The van der Waals surface area contributed by atoms with Gasteiger partial charge in [-0.05, 0) is 13.0 Å². The summed E-state index contributed by atoms with van der Waals surface area (Å²) in [5, 5.41) is 15.6. The minimum absolute atomic E-state index is 0.564. The highest BCUT2D eigenvalue weighted by Gasteiger charge is 2.04. The van der Waals surface area contributed by atoms with Gasteiger partial charge < -0.3 is 4.90 Å². The minimum Gasteiger partial charge on any atom is -0.382 e. The Bertz CT molecular complexity index is 354. The van der Waals surface area contributed by atoms with E-state index < -0.39 is 0 Å². The number of aromatic nitrogens is 2. The molecule has 1 aromatic rings. The zero-order valence-corrected chi connectivity index (χ0v) is 8.00. The smallest absolute Gasteiger partial charge is 0.104 e. The third kappa shape index (κ3) is 2.34. The summed E-state index contributed by atoms with van der Waals surface area (Å²) < 4.78 is 0. The fourth-order valence-corrected chi connectivity index (χ4v) is 0.966. The van der Waals surface area contributed by atoms with Gasteiger partial charge in [0.1, 0.15) is 11.8 Å². The average Bonchev–Trinajstić information content (AvgIpc) is 2.47. The molecule has 0 atom stereocenters. The van der Waals surface area contributed by atoms with Crippen LogP contribution < -0.4 is 0 Å². The van der Waals surface area contributed by atoms with E-state index >= 15 is 0 Å². The number of allylic oxidation sites excluding steroid dienone is 1. The van der Waals surface area contributed by atoms with Crippen LogP contribution in [-0.4, -0.2) is 29.2 Å². The fourth-order valence-electron chi connectivity index (χ4n) is 0.966. The van der Waals surface area contributed by atoms with Crippen molar-refractivity contribution in [3.63, 3.8) is 0 Å². The van der Waals surface area contributed by atoms with Crippen LogP contribution in [0.2, 0.25) is 0 Å². The normalized spacial score (nSPS) is 11.1. The molecule has 0 unspecified atom stereocenters. The van der Waals surface area contributed by atoms with Crippen LogP contribution in [0.25, 0.3) is 5.57 Å². The summed E-state index contributed by atoms with van der Waals surface area (Å²) in [5.74, 6) is 0. The van der Waals surface area contributed by atoms with Gasteiger partial charge in [-0.15, -0.1) is 0 Å². The second kappa shape index (κ2) is 3.76. The number of nitrogens with zero attached hydrogens (tertiary/aromatic N) is 3. The zero-order valence-electron chi connectivity index (χ0n) is 8.00. The molecule has 0 spiro atoms. The number of hydrogen-bond donors (Lipinski definition) is 1. The molecule has 1 rings (SSSR count). The fraction of sp³-hybridized carbons (Fsp3) is 0.333. The molecule has 0 saturated heterocycles. The maximum absolute atomic E-state index is 8.84. The number of aromatic amines is 1. The van der Waals surface area contributed by atoms with Crippen molar-refractivity contribution in [1.82, 2.24) is 15.1 Å². The number of H-pyrrole nitrogens is 1. The first-order valence-electron chi connectivity index (χ1n) is 3.94. The largest absolute Gasteiger partial charge is 0.382 e. The van der Waals surface area contributed by atoms with Crippen LogP contribution in [-0.2, 0) is 0 Å². The molecule has 68 valence electrons. The summed E-state index contributed by atoms with van der Waals surface area (Å²) >= 11 is 0. The Labute approximate surface area is 77.5 Å². The predicted molar refractivity (Wildman–Crippen MR) is 50.6 cm³/mol. The lowest BCUT2D eigenvalue weighted by Gasteiger charge is -2.03. The van der Waals surface area contributed by atoms with E-state index in [-0.39, 0.29) is 0 Å².